The van der Waals surface area contributed by atoms with Gasteiger partial charge in [0.25, 0.3) is 0 Å². The van der Waals surface area contributed by atoms with Gasteiger partial charge >= 0.3 is 6.01 Å². The van der Waals surface area contributed by atoms with Crippen molar-refractivity contribution in [3.8, 4) is 12.1 Å². The van der Waals surface area contributed by atoms with E-state index in [1.165, 1.54) is 6.08 Å². The molecule has 0 saturated carbocycles. The zero-order chi connectivity index (χ0) is 25.4. The quantitative estimate of drug-likeness (QED) is 0.538. The number of nitrogens with zero attached hydrogens (tertiary/aromatic N) is 7. The molecule has 2 atom stereocenters. The van der Waals surface area contributed by atoms with Crippen molar-refractivity contribution < 1.29 is 14.3 Å². The number of primary amides is 1. The van der Waals surface area contributed by atoms with E-state index in [4.69, 9.17) is 15.5 Å². The zero-order valence-corrected chi connectivity index (χ0v) is 20.9. The highest BCUT2D eigenvalue weighted by Gasteiger charge is 2.49. The van der Waals surface area contributed by atoms with Crippen molar-refractivity contribution in [1.29, 1.82) is 5.26 Å². The van der Waals surface area contributed by atoms with Gasteiger partial charge in [0.2, 0.25) is 11.8 Å². The van der Waals surface area contributed by atoms with Crippen LogP contribution in [0.25, 0.3) is 0 Å². The summed E-state index contributed by atoms with van der Waals surface area (Å²) >= 11 is 0. The highest BCUT2D eigenvalue weighted by atomic mass is 16.5. The van der Waals surface area contributed by atoms with E-state index < -0.39 is 11.9 Å². The fraction of sp³-hybridized carbons (Fsp3) is 0.640. The Morgan fingerprint density at radius 3 is 2.61 bits per heavy atom. The Morgan fingerprint density at radius 2 is 1.94 bits per heavy atom. The molecule has 0 aromatic carbocycles. The van der Waals surface area contributed by atoms with Gasteiger partial charge in [0.1, 0.15) is 24.3 Å². The Hall–Kier alpha value is -3.39. The van der Waals surface area contributed by atoms with Gasteiger partial charge in [-0.05, 0) is 51.8 Å². The van der Waals surface area contributed by atoms with Crippen molar-refractivity contribution in [2.45, 2.75) is 44.2 Å². The van der Waals surface area contributed by atoms with Crippen LogP contribution in [0, 0.1) is 16.7 Å². The first kappa shape index (κ1) is 24.3. The predicted molar refractivity (Wildman–Crippen MR) is 133 cm³/mol. The highest BCUT2D eigenvalue weighted by molar-refractivity contribution is 5.88. The number of nitriles is 1. The summed E-state index contributed by atoms with van der Waals surface area (Å²) in [6.45, 7) is 8.40. The first-order valence-electron chi connectivity index (χ1n) is 12.7. The summed E-state index contributed by atoms with van der Waals surface area (Å²) in [5.41, 5.74) is 6.01. The molecule has 0 bridgehead atoms. The summed E-state index contributed by atoms with van der Waals surface area (Å²) in [6.07, 6.45) is 5.85. The SMILES string of the molecule is C=CC(=O)N1CC2(CCN(c3nc(OC[C@@H]4CCCN4C)nc(N4CCC[C@@H]4C(N)=O)c3C#N)C2)C1. The minimum atomic E-state index is -0.510. The standard InChI is InChI=1S/C25H34N8O3/c1-3-20(34)32-15-25(16-32)8-11-31(14-25)22-18(12-26)23(33-10-5-7-19(33)21(27)35)29-24(28-22)36-13-17-6-4-9-30(17)2/h3,17,19H,1,4-11,13-16H2,2H3,(H2,27,35)/t17-,19+/m0/s1. The largest absolute Gasteiger partial charge is 0.462 e. The van der Waals surface area contributed by atoms with E-state index in [1.807, 2.05) is 4.90 Å². The van der Waals surface area contributed by atoms with Crippen LogP contribution in [-0.4, -0.2) is 96.6 Å². The maximum atomic E-state index is 12.2. The number of aromatic nitrogens is 2. The second kappa shape index (κ2) is 9.58. The summed E-state index contributed by atoms with van der Waals surface area (Å²) in [7, 11) is 2.09. The third-order valence-electron chi connectivity index (χ3n) is 8.17. The molecule has 4 fully saturated rings. The minimum Gasteiger partial charge on any atom is -0.462 e. The number of ether oxygens (including phenoxy) is 1. The van der Waals surface area contributed by atoms with Gasteiger partial charge in [-0.3, -0.25) is 9.59 Å². The van der Waals surface area contributed by atoms with Gasteiger partial charge in [0.15, 0.2) is 11.6 Å². The number of carbonyl (C=O) groups excluding carboxylic acids is 2. The molecule has 1 aromatic rings. The number of nitrogens with two attached hydrogens (primary N) is 1. The maximum absolute atomic E-state index is 12.2. The minimum absolute atomic E-state index is 0.0203. The molecular weight excluding hydrogens is 460 g/mol. The Bertz CT molecular complexity index is 1100. The molecule has 192 valence electrons. The van der Waals surface area contributed by atoms with E-state index in [2.05, 4.69) is 34.5 Å². The van der Waals surface area contributed by atoms with E-state index in [1.54, 1.807) is 4.90 Å². The van der Waals surface area contributed by atoms with Crippen LogP contribution in [0.1, 0.15) is 37.7 Å². The van der Waals surface area contributed by atoms with Crippen molar-refractivity contribution >= 4 is 23.5 Å². The van der Waals surface area contributed by atoms with Gasteiger partial charge in [0, 0.05) is 44.2 Å². The van der Waals surface area contributed by atoms with Gasteiger partial charge in [0.05, 0.1) is 0 Å². The van der Waals surface area contributed by atoms with E-state index in [0.717, 1.165) is 32.2 Å². The van der Waals surface area contributed by atoms with E-state index in [-0.39, 0.29) is 17.3 Å². The number of hydrogen-bond donors (Lipinski definition) is 1. The first-order valence-corrected chi connectivity index (χ1v) is 12.7. The van der Waals surface area contributed by atoms with Crippen molar-refractivity contribution in [3.05, 3.63) is 18.2 Å². The molecule has 1 aromatic heterocycles. The first-order chi connectivity index (χ1) is 17.3. The number of carbonyl (C=O) groups is 2. The summed E-state index contributed by atoms with van der Waals surface area (Å²) in [5, 5.41) is 10.2. The second-order valence-electron chi connectivity index (χ2n) is 10.6. The number of amides is 2. The van der Waals surface area contributed by atoms with Gasteiger partial charge in [-0.25, -0.2) is 0 Å². The Morgan fingerprint density at radius 1 is 1.19 bits per heavy atom. The maximum Gasteiger partial charge on any atom is 0.320 e. The van der Waals surface area contributed by atoms with Crippen molar-refractivity contribution in [3.63, 3.8) is 0 Å². The van der Waals surface area contributed by atoms with Crippen molar-refractivity contribution in [2.75, 3.05) is 62.7 Å². The molecule has 1 spiro atoms. The summed E-state index contributed by atoms with van der Waals surface area (Å²) in [6, 6.07) is 2.30. The number of hydrogen-bond acceptors (Lipinski definition) is 9. The normalized spacial score (nSPS) is 25.2. The van der Waals surface area contributed by atoms with Crippen LogP contribution >= 0.6 is 0 Å². The van der Waals surface area contributed by atoms with Crippen LogP contribution in [-0.2, 0) is 9.59 Å². The highest BCUT2D eigenvalue weighted by Crippen LogP contribution is 2.43. The van der Waals surface area contributed by atoms with E-state index in [9.17, 15) is 14.9 Å². The fourth-order valence-corrected chi connectivity index (χ4v) is 6.12. The molecule has 2 N–H and O–H groups in total. The molecule has 4 saturated heterocycles. The summed E-state index contributed by atoms with van der Waals surface area (Å²) < 4.78 is 6.10. The van der Waals surface area contributed by atoms with Gasteiger partial charge in [-0.2, -0.15) is 15.2 Å². The topological polar surface area (TPSA) is 132 Å². The van der Waals surface area contributed by atoms with Crippen LogP contribution in [0.2, 0.25) is 0 Å². The fourth-order valence-electron chi connectivity index (χ4n) is 6.12. The van der Waals surface area contributed by atoms with Crippen LogP contribution in [0.4, 0.5) is 11.6 Å². The molecule has 5 heterocycles. The third-order valence-corrected chi connectivity index (χ3v) is 8.17. The van der Waals surface area contributed by atoms with Crippen LogP contribution in [0.15, 0.2) is 12.7 Å². The third kappa shape index (κ3) is 4.34. The molecule has 2 amide bonds. The molecule has 0 aliphatic carbocycles. The molecule has 0 radical (unpaired) electrons. The van der Waals surface area contributed by atoms with E-state index in [0.29, 0.717) is 69.0 Å². The molecular formula is C25H34N8O3. The Labute approximate surface area is 211 Å². The predicted octanol–water partition coefficient (Wildman–Crippen LogP) is 0.500. The number of likely N-dealkylation sites (tertiary alicyclic amines) is 2. The lowest BCUT2D eigenvalue weighted by molar-refractivity contribution is -0.136. The van der Waals surface area contributed by atoms with Crippen LogP contribution in [0.5, 0.6) is 6.01 Å². The van der Waals surface area contributed by atoms with Gasteiger partial charge in [-0.15, -0.1) is 0 Å². The Balaban J connectivity index is 1.44. The summed E-state index contributed by atoms with van der Waals surface area (Å²) in [4.78, 5) is 41.5. The lowest BCUT2D eigenvalue weighted by Gasteiger charge is -2.47. The molecule has 11 nitrogen and oxygen atoms in total. The summed E-state index contributed by atoms with van der Waals surface area (Å²) in [5.74, 6) is 0.461. The molecule has 4 aliphatic heterocycles. The second-order valence-corrected chi connectivity index (χ2v) is 10.6. The Kier molecular flexibility index (Phi) is 6.47. The van der Waals surface area contributed by atoms with Crippen LogP contribution < -0.4 is 20.3 Å². The zero-order valence-electron chi connectivity index (χ0n) is 20.9. The van der Waals surface area contributed by atoms with Crippen molar-refractivity contribution in [1.82, 2.24) is 19.8 Å². The molecule has 5 rings (SSSR count). The number of rotatable bonds is 7. The van der Waals surface area contributed by atoms with E-state index >= 15 is 0 Å². The molecule has 0 unspecified atom stereocenters. The average molecular weight is 495 g/mol. The monoisotopic (exact) mass is 494 g/mol. The smallest absolute Gasteiger partial charge is 0.320 e. The number of likely N-dealkylation sites (N-methyl/N-ethyl adjacent to an activating group) is 1. The lowest BCUT2D eigenvalue weighted by atomic mass is 9.79. The molecule has 11 heteroatoms. The number of anilines is 2. The van der Waals surface area contributed by atoms with Gasteiger partial charge in [-0.1, -0.05) is 6.58 Å². The lowest BCUT2D eigenvalue weighted by Crippen LogP contribution is -2.59. The van der Waals surface area contributed by atoms with Crippen molar-refractivity contribution in [2.24, 2.45) is 11.1 Å². The molecule has 4 aliphatic rings. The average Bonchev–Trinajstić information content (AvgIpc) is 3.60. The van der Waals surface area contributed by atoms with Gasteiger partial charge < -0.3 is 30.1 Å². The van der Waals surface area contributed by atoms with Crippen LogP contribution in [0.3, 0.4) is 0 Å². The molecule has 36 heavy (non-hydrogen) atoms.